The molecule has 1 saturated carbocycles. The van der Waals surface area contributed by atoms with E-state index >= 15 is 0 Å². The molecule has 0 bridgehead atoms. The predicted octanol–water partition coefficient (Wildman–Crippen LogP) is 1.37. The fourth-order valence-electron chi connectivity index (χ4n) is 2.34. The molecule has 17 heavy (non-hydrogen) atoms. The Morgan fingerprint density at radius 3 is 2.76 bits per heavy atom. The number of hydrogen-bond acceptors (Lipinski definition) is 2. The first kappa shape index (κ1) is 10.8. The zero-order valence-corrected chi connectivity index (χ0v) is 10.1. The second kappa shape index (κ2) is 3.84. The van der Waals surface area contributed by atoms with E-state index in [0.29, 0.717) is 0 Å². The molecule has 1 heterocycles. The van der Waals surface area contributed by atoms with Gasteiger partial charge in [-0.1, -0.05) is 24.3 Å². The average Bonchev–Trinajstić information content (AvgIpc) is 3.06. The van der Waals surface area contributed by atoms with E-state index in [0.717, 1.165) is 25.8 Å². The molecule has 2 N–H and O–H groups in total. The van der Waals surface area contributed by atoms with Crippen LogP contribution in [0.25, 0.3) is 0 Å². The molecule has 1 aliphatic carbocycles. The highest BCUT2D eigenvalue weighted by atomic mass is 16.2. The van der Waals surface area contributed by atoms with Crippen LogP contribution in [0.5, 0.6) is 0 Å². The van der Waals surface area contributed by atoms with Gasteiger partial charge in [-0.2, -0.15) is 0 Å². The molecule has 3 heteroatoms. The molecule has 1 unspecified atom stereocenters. The Morgan fingerprint density at radius 2 is 2.06 bits per heavy atom. The quantitative estimate of drug-likeness (QED) is 0.805. The third kappa shape index (κ3) is 2.20. The fraction of sp³-hybridized carbons (Fsp3) is 0.500. The van der Waals surface area contributed by atoms with Gasteiger partial charge in [0, 0.05) is 12.1 Å². The van der Waals surface area contributed by atoms with Crippen LogP contribution >= 0.6 is 0 Å². The zero-order valence-electron chi connectivity index (χ0n) is 10.1. The van der Waals surface area contributed by atoms with Crippen molar-refractivity contribution in [2.45, 2.75) is 44.3 Å². The van der Waals surface area contributed by atoms with Crippen molar-refractivity contribution in [3.63, 3.8) is 0 Å². The Labute approximate surface area is 102 Å². The normalized spacial score (nSPS) is 24.9. The minimum Gasteiger partial charge on any atom is -0.350 e. The lowest BCUT2D eigenvalue weighted by atomic mass is 9.95. The van der Waals surface area contributed by atoms with E-state index in [9.17, 15) is 4.79 Å². The van der Waals surface area contributed by atoms with E-state index in [1.807, 2.05) is 12.1 Å². The van der Waals surface area contributed by atoms with Crippen LogP contribution in [0.15, 0.2) is 24.3 Å². The van der Waals surface area contributed by atoms with Gasteiger partial charge < -0.3 is 10.6 Å². The molecular weight excluding hydrogens is 212 g/mol. The van der Waals surface area contributed by atoms with Crippen molar-refractivity contribution < 1.29 is 4.79 Å². The number of rotatable bonds is 2. The van der Waals surface area contributed by atoms with Gasteiger partial charge >= 0.3 is 0 Å². The van der Waals surface area contributed by atoms with Gasteiger partial charge in [0.15, 0.2) is 0 Å². The van der Waals surface area contributed by atoms with Crippen molar-refractivity contribution in [3.05, 3.63) is 35.4 Å². The molecule has 3 nitrogen and oxygen atoms in total. The summed E-state index contributed by atoms with van der Waals surface area (Å²) in [6.07, 6.45) is 3.03. The van der Waals surface area contributed by atoms with Crippen LogP contribution in [0.4, 0.5) is 0 Å². The van der Waals surface area contributed by atoms with Crippen molar-refractivity contribution in [1.29, 1.82) is 0 Å². The topological polar surface area (TPSA) is 41.1 Å². The number of nitrogens with one attached hydrogen (secondary N) is 2. The molecule has 0 spiro atoms. The summed E-state index contributed by atoms with van der Waals surface area (Å²) in [5, 5.41) is 6.44. The molecule has 1 amide bonds. The SMILES string of the molecule is CC1(NC(=O)C2Cc3ccccc3CN2)CC1. The Hall–Kier alpha value is -1.35. The summed E-state index contributed by atoms with van der Waals surface area (Å²) >= 11 is 0. The van der Waals surface area contributed by atoms with Crippen LogP contribution in [0.2, 0.25) is 0 Å². The van der Waals surface area contributed by atoms with E-state index in [4.69, 9.17) is 0 Å². The highest BCUT2D eigenvalue weighted by molar-refractivity contribution is 5.83. The van der Waals surface area contributed by atoms with E-state index in [1.54, 1.807) is 0 Å². The number of carbonyl (C=O) groups excluding carboxylic acids is 1. The summed E-state index contributed by atoms with van der Waals surface area (Å²) in [4.78, 5) is 12.1. The van der Waals surface area contributed by atoms with Gasteiger partial charge in [0.25, 0.3) is 0 Å². The first-order valence-corrected chi connectivity index (χ1v) is 6.28. The third-order valence-corrected chi connectivity index (χ3v) is 3.82. The molecule has 1 atom stereocenters. The molecule has 1 aromatic carbocycles. The highest BCUT2D eigenvalue weighted by Crippen LogP contribution is 2.34. The second-order valence-corrected chi connectivity index (χ2v) is 5.46. The standard InChI is InChI=1S/C14H18N2O/c1-14(6-7-14)16-13(17)12-8-10-4-2-3-5-11(10)9-15-12/h2-5,12,15H,6-9H2,1H3,(H,16,17). The van der Waals surface area contributed by atoms with Gasteiger partial charge in [0.1, 0.15) is 0 Å². The first-order chi connectivity index (χ1) is 8.16. The van der Waals surface area contributed by atoms with Crippen LogP contribution in [-0.4, -0.2) is 17.5 Å². The van der Waals surface area contributed by atoms with E-state index < -0.39 is 0 Å². The molecule has 90 valence electrons. The number of amides is 1. The smallest absolute Gasteiger partial charge is 0.237 e. The van der Waals surface area contributed by atoms with Crippen LogP contribution < -0.4 is 10.6 Å². The lowest BCUT2D eigenvalue weighted by molar-refractivity contribution is -0.124. The Kier molecular flexibility index (Phi) is 2.44. The number of benzene rings is 1. The largest absolute Gasteiger partial charge is 0.350 e. The number of fused-ring (bicyclic) bond motifs is 1. The summed E-state index contributed by atoms with van der Waals surface area (Å²) in [6, 6.07) is 8.27. The van der Waals surface area contributed by atoms with Crippen molar-refractivity contribution in [2.24, 2.45) is 0 Å². The molecule has 1 aromatic rings. The summed E-state index contributed by atoms with van der Waals surface area (Å²) in [5.74, 6) is 0.152. The lowest BCUT2D eigenvalue weighted by Gasteiger charge is -2.26. The van der Waals surface area contributed by atoms with Gasteiger partial charge in [-0.3, -0.25) is 4.79 Å². The maximum absolute atomic E-state index is 12.1. The minimum atomic E-state index is -0.0673. The highest BCUT2D eigenvalue weighted by Gasteiger charge is 2.40. The lowest BCUT2D eigenvalue weighted by Crippen LogP contribution is -2.50. The van der Waals surface area contributed by atoms with Crippen LogP contribution in [0, 0.1) is 0 Å². The zero-order chi connectivity index (χ0) is 11.9. The minimum absolute atomic E-state index is 0.0673. The average molecular weight is 230 g/mol. The molecule has 0 aromatic heterocycles. The molecule has 2 aliphatic rings. The summed E-state index contributed by atoms with van der Waals surface area (Å²) in [7, 11) is 0. The molecule has 0 radical (unpaired) electrons. The molecular formula is C14H18N2O. The molecule has 0 saturated heterocycles. The van der Waals surface area contributed by atoms with Crippen molar-refractivity contribution in [3.8, 4) is 0 Å². The van der Waals surface area contributed by atoms with Crippen LogP contribution in [-0.2, 0) is 17.8 Å². The van der Waals surface area contributed by atoms with Crippen molar-refractivity contribution >= 4 is 5.91 Å². The molecule has 1 aliphatic heterocycles. The van der Waals surface area contributed by atoms with E-state index in [1.165, 1.54) is 11.1 Å². The van der Waals surface area contributed by atoms with Gasteiger partial charge in [-0.15, -0.1) is 0 Å². The third-order valence-electron chi connectivity index (χ3n) is 3.82. The molecule has 3 rings (SSSR count). The predicted molar refractivity (Wildman–Crippen MR) is 66.6 cm³/mol. The maximum Gasteiger partial charge on any atom is 0.237 e. The van der Waals surface area contributed by atoms with Crippen LogP contribution in [0.1, 0.15) is 30.9 Å². The number of hydrogen-bond donors (Lipinski definition) is 2. The maximum atomic E-state index is 12.1. The van der Waals surface area contributed by atoms with Crippen molar-refractivity contribution in [2.75, 3.05) is 0 Å². The summed E-state index contributed by atoms with van der Waals surface area (Å²) in [5.41, 5.74) is 2.69. The van der Waals surface area contributed by atoms with Gasteiger partial charge in [-0.05, 0) is 37.3 Å². The fourth-order valence-corrected chi connectivity index (χ4v) is 2.34. The first-order valence-electron chi connectivity index (χ1n) is 6.28. The van der Waals surface area contributed by atoms with Crippen molar-refractivity contribution in [1.82, 2.24) is 10.6 Å². The summed E-state index contributed by atoms with van der Waals surface area (Å²) < 4.78 is 0. The monoisotopic (exact) mass is 230 g/mol. The number of carbonyl (C=O) groups is 1. The van der Waals surface area contributed by atoms with Crippen LogP contribution in [0.3, 0.4) is 0 Å². The van der Waals surface area contributed by atoms with Gasteiger partial charge in [-0.25, -0.2) is 0 Å². The Morgan fingerprint density at radius 1 is 1.35 bits per heavy atom. The van der Waals surface area contributed by atoms with E-state index in [-0.39, 0.29) is 17.5 Å². The Balaban J connectivity index is 1.69. The van der Waals surface area contributed by atoms with Gasteiger partial charge in [0.2, 0.25) is 5.91 Å². The van der Waals surface area contributed by atoms with Gasteiger partial charge in [0.05, 0.1) is 6.04 Å². The second-order valence-electron chi connectivity index (χ2n) is 5.46. The Bertz CT molecular complexity index is 451. The molecule has 1 fully saturated rings. The van der Waals surface area contributed by atoms with E-state index in [2.05, 4.69) is 29.7 Å². The summed E-state index contributed by atoms with van der Waals surface area (Å²) in [6.45, 7) is 2.91.